The van der Waals surface area contributed by atoms with Crippen LogP contribution in [0.15, 0.2) is 53.3 Å². The van der Waals surface area contributed by atoms with Gasteiger partial charge in [0, 0.05) is 22.2 Å². The van der Waals surface area contributed by atoms with Crippen molar-refractivity contribution in [2.75, 3.05) is 7.05 Å². The van der Waals surface area contributed by atoms with Gasteiger partial charge < -0.3 is 9.88 Å². The van der Waals surface area contributed by atoms with E-state index in [4.69, 9.17) is 0 Å². The van der Waals surface area contributed by atoms with Crippen molar-refractivity contribution in [1.29, 1.82) is 0 Å². The zero-order valence-corrected chi connectivity index (χ0v) is 13.9. The van der Waals surface area contributed by atoms with Crippen molar-refractivity contribution in [2.24, 2.45) is 0 Å². The number of aryl methyl sites for hydroxylation is 2. The average molecular weight is 307 g/mol. The first-order valence-corrected chi connectivity index (χ1v) is 8.02. The van der Waals surface area contributed by atoms with Crippen LogP contribution in [0, 0.1) is 13.8 Å². The van der Waals surface area contributed by atoms with Gasteiger partial charge in [-0.3, -0.25) is 4.79 Å². The van der Waals surface area contributed by atoms with Crippen LogP contribution in [0.4, 0.5) is 0 Å². The predicted molar refractivity (Wildman–Crippen MR) is 94.8 cm³/mol. The number of pyridine rings is 1. The fraction of sp³-hybridized carbons (Fsp3) is 0.250. The third kappa shape index (κ3) is 3.35. The summed E-state index contributed by atoms with van der Waals surface area (Å²) in [4.78, 5) is 17.5. The fourth-order valence-electron chi connectivity index (χ4n) is 3.09. The Morgan fingerprint density at radius 3 is 2.48 bits per heavy atom. The van der Waals surface area contributed by atoms with E-state index in [0.717, 1.165) is 40.8 Å². The molecule has 0 amide bonds. The van der Waals surface area contributed by atoms with Gasteiger partial charge in [-0.05, 0) is 26.0 Å². The highest BCUT2D eigenvalue weighted by molar-refractivity contribution is 5.80. The summed E-state index contributed by atoms with van der Waals surface area (Å²) in [7, 11) is 2.13. The van der Waals surface area contributed by atoms with E-state index in [-0.39, 0.29) is 5.43 Å². The zero-order valence-electron chi connectivity index (χ0n) is 13.9. The summed E-state index contributed by atoms with van der Waals surface area (Å²) in [5.41, 5.74) is 5.34. The van der Waals surface area contributed by atoms with E-state index >= 15 is 0 Å². The Hall–Kier alpha value is -2.39. The highest BCUT2D eigenvalue weighted by Crippen LogP contribution is 2.12. The lowest BCUT2D eigenvalue weighted by atomic mass is 10.1. The highest BCUT2D eigenvalue weighted by atomic mass is 16.1. The summed E-state index contributed by atoms with van der Waals surface area (Å²) < 4.78 is 0. The van der Waals surface area contributed by atoms with E-state index in [9.17, 15) is 4.79 Å². The molecule has 1 atom stereocenters. The smallest absolute Gasteiger partial charge is 0.198 e. The molecular formula is C20H23N2O+. The lowest BCUT2D eigenvalue weighted by Crippen LogP contribution is -3.06. The summed E-state index contributed by atoms with van der Waals surface area (Å²) in [6, 6.07) is 16.4. The minimum Gasteiger partial charge on any atom is -0.358 e. The van der Waals surface area contributed by atoms with E-state index in [1.807, 2.05) is 38.1 Å². The molecule has 1 aromatic heterocycles. The van der Waals surface area contributed by atoms with Crippen LogP contribution >= 0.6 is 0 Å². The molecule has 0 radical (unpaired) electrons. The number of benzene rings is 2. The molecule has 0 aliphatic rings. The van der Waals surface area contributed by atoms with E-state index in [0.29, 0.717) is 0 Å². The van der Waals surface area contributed by atoms with Crippen LogP contribution in [-0.4, -0.2) is 12.0 Å². The first-order valence-electron chi connectivity index (χ1n) is 8.02. The Morgan fingerprint density at radius 2 is 1.74 bits per heavy atom. The van der Waals surface area contributed by atoms with Crippen molar-refractivity contribution < 1.29 is 4.90 Å². The number of hydrogen-bond donors (Lipinski definition) is 2. The third-order valence-corrected chi connectivity index (χ3v) is 4.30. The van der Waals surface area contributed by atoms with Gasteiger partial charge >= 0.3 is 0 Å². The van der Waals surface area contributed by atoms with Gasteiger partial charge in [0.2, 0.25) is 0 Å². The molecule has 0 aliphatic heterocycles. The Kier molecular flexibility index (Phi) is 4.30. The maximum Gasteiger partial charge on any atom is 0.198 e. The molecule has 0 saturated carbocycles. The third-order valence-electron chi connectivity index (χ3n) is 4.30. The fourth-order valence-corrected chi connectivity index (χ4v) is 3.09. The van der Waals surface area contributed by atoms with Crippen molar-refractivity contribution in [2.45, 2.75) is 26.9 Å². The predicted octanol–water partition coefficient (Wildman–Crippen LogP) is 2.36. The van der Waals surface area contributed by atoms with Crippen LogP contribution in [0.2, 0.25) is 0 Å². The molecule has 3 aromatic rings. The Morgan fingerprint density at radius 1 is 1.00 bits per heavy atom. The number of nitrogens with one attached hydrogen (secondary N) is 2. The van der Waals surface area contributed by atoms with Crippen LogP contribution in [0.25, 0.3) is 10.9 Å². The van der Waals surface area contributed by atoms with Gasteiger partial charge in [-0.25, -0.2) is 0 Å². The average Bonchev–Trinajstić information content (AvgIpc) is 2.53. The summed E-state index contributed by atoms with van der Waals surface area (Å²) >= 11 is 0. The molecule has 3 heteroatoms. The molecule has 1 heterocycles. The lowest BCUT2D eigenvalue weighted by Gasteiger charge is -2.16. The van der Waals surface area contributed by atoms with Gasteiger partial charge in [0.15, 0.2) is 5.43 Å². The topological polar surface area (TPSA) is 37.3 Å². The normalized spacial score (nSPS) is 12.5. The number of quaternary nitrogens is 1. The van der Waals surface area contributed by atoms with Crippen molar-refractivity contribution in [3.05, 3.63) is 81.1 Å². The van der Waals surface area contributed by atoms with Gasteiger partial charge in [-0.15, -0.1) is 0 Å². The number of hydrogen-bond acceptors (Lipinski definition) is 1. The number of aromatic amines is 1. The van der Waals surface area contributed by atoms with Crippen molar-refractivity contribution in [3.63, 3.8) is 0 Å². The minimum absolute atomic E-state index is 0.160. The molecular weight excluding hydrogens is 284 g/mol. The highest BCUT2D eigenvalue weighted by Gasteiger charge is 2.14. The van der Waals surface area contributed by atoms with E-state index in [1.54, 1.807) is 0 Å². The standard InChI is InChI=1S/C20H22N2O/c1-14-9-10-19-17(11-14)20(23)18(15(2)21-19)13-22(3)12-16-7-5-4-6-8-16/h4-11H,12-13H2,1-3H3,(H,21,23)/p+1. The minimum atomic E-state index is 0.160. The number of fused-ring (bicyclic) bond motifs is 1. The number of rotatable bonds is 4. The van der Waals surface area contributed by atoms with Gasteiger partial charge in [0.25, 0.3) is 0 Å². The second-order valence-electron chi connectivity index (χ2n) is 6.40. The molecule has 3 rings (SSSR count). The van der Waals surface area contributed by atoms with Crippen LogP contribution in [0.1, 0.15) is 22.4 Å². The molecule has 0 bridgehead atoms. The molecule has 2 aromatic carbocycles. The van der Waals surface area contributed by atoms with Gasteiger partial charge in [0.1, 0.15) is 13.1 Å². The molecule has 2 N–H and O–H groups in total. The molecule has 0 saturated heterocycles. The molecule has 3 nitrogen and oxygen atoms in total. The van der Waals surface area contributed by atoms with Crippen molar-refractivity contribution in [1.82, 2.24) is 4.98 Å². The molecule has 118 valence electrons. The molecule has 0 aliphatic carbocycles. The van der Waals surface area contributed by atoms with Gasteiger partial charge in [-0.2, -0.15) is 0 Å². The molecule has 0 fully saturated rings. The van der Waals surface area contributed by atoms with E-state index in [1.165, 1.54) is 10.5 Å². The Bertz CT molecular complexity index is 881. The lowest BCUT2D eigenvalue weighted by molar-refractivity contribution is -0.907. The molecule has 23 heavy (non-hydrogen) atoms. The van der Waals surface area contributed by atoms with E-state index in [2.05, 4.69) is 36.3 Å². The first kappa shape index (κ1) is 15.5. The zero-order chi connectivity index (χ0) is 16.4. The number of aromatic nitrogens is 1. The molecule has 1 unspecified atom stereocenters. The molecule has 0 spiro atoms. The second kappa shape index (κ2) is 6.39. The van der Waals surface area contributed by atoms with Crippen LogP contribution in [-0.2, 0) is 13.1 Å². The quantitative estimate of drug-likeness (QED) is 0.763. The van der Waals surface area contributed by atoms with Crippen LogP contribution < -0.4 is 10.3 Å². The monoisotopic (exact) mass is 307 g/mol. The maximum absolute atomic E-state index is 12.9. The van der Waals surface area contributed by atoms with Crippen LogP contribution in [0.5, 0.6) is 0 Å². The largest absolute Gasteiger partial charge is 0.358 e. The summed E-state index contributed by atoms with van der Waals surface area (Å²) in [5.74, 6) is 0. The summed E-state index contributed by atoms with van der Waals surface area (Å²) in [6.45, 7) is 5.64. The second-order valence-corrected chi connectivity index (χ2v) is 6.40. The Labute approximate surface area is 136 Å². The summed E-state index contributed by atoms with van der Waals surface area (Å²) in [5, 5.41) is 0.790. The van der Waals surface area contributed by atoms with Crippen molar-refractivity contribution in [3.8, 4) is 0 Å². The van der Waals surface area contributed by atoms with Crippen LogP contribution in [0.3, 0.4) is 0 Å². The first-order chi connectivity index (χ1) is 11.0. The van der Waals surface area contributed by atoms with Gasteiger partial charge in [-0.1, -0.05) is 42.0 Å². The van der Waals surface area contributed by atoms with Gasteiger partial charge in [0.05, 0.1) is 12.6 Å². The maximum atomic E-state index is 12.9. The summed E-state index contributed by atoms with van der Waals surface area (Å²) in [6.07, 6.45) is 0. The SMILES string of the molecule is Cc1ccc2[nH]c(C)c(C[NH+](C)Cc3ccccc3)c(=O)c2c1. The Balaban J connectivity index is 1.92. The van der Waals surface area contributed by atoms with E-state index < -0.39 is 0 Å². The number of H-pyrrole nitrogens is 1. The van der Waals surface area contributed by atoms with Crippen molar-refractivity contribution >= 4 is 10.9 Å².